The Labute approximate surface area is 101 Å². The normalized spacial score (nSPS) is 32.2. The maximum atomic E-state index is 3.61. The minimum absolute atomic E-state index is 0.262. The van der Waals surface area contributed by atoms with E-state index < -0.39 is 0 Å². The quantitative estimate of drug-likeness (QED) is 0.789. The van der Waals surface area contributed by atoms with Gasteiger partial charge in [-0.3, -0.25) is 4.90 Å². The first kappa shape index (κ1) is 12.4. The Hall–Kier alpha value is -0.0800. The van der Waals surface area contributed by atoms with E-state index in [2.05, 4.69) is 37.9 Å². The molecule has 2 heteroatoms. The van der Waals surface area contributed by atoms with E-state index in [-0.39, 0.29) is 5.54 Å². The van der Waals surface area contributed by atoms with E-state index in [4.69, 9.17) is 0 Å². The minimum Gasteiger partial charge on any atom is -0.312 e. The first-order chi connectivity index (χ1) is 7.44. The van der Waals surface area contributed by atoms with Crippen LogP contribution in [0, 0.1) is 11.8 Å². The summed E-state index contributed by atoms with van der Waals surface area (Å²) in [6.07, 6.45) is 4.44. The van der Waals surface area contributed by atoms with Crippen LogP contribution in [-0.2, 0) is 0 Å². The van der Waals surface area contributed by atoms with Crippen molar-refractivity contribution in [3.63, 3.8) is 0 Å². The molecule has 1 aliphatic heterocycles. The molecule has 16 heavy (non-hydrogen) atoms. The van der Waals surface area contributed by atoms with Crippen LogP contribution in [0.25, 0.3) is 0 Å². The molecule has 1 N–H and O–H groups in total. The molecule has 0 amide bonds. The summed E-state index contributed by atoms with van der Waals surface area (Å²) < 4.78 is 0. The topological polar surface area (TPSA) is 15.3 Å². The monoisotopic (exact) mass is 224 g/mol. The van der Waals surface area contributed by atoms with Gasteiger partial charge in [-0.05, 0) is 58.4 Å². The predicted molar refractivity (Wildman–Crippen MR) is 69.6 cm³/mol. The zero-order chi connectivity index (χ0) is 11.8. The fourth-order valence-electron chi connectivity index (χ4n) is 3.20. The van der Waals surface area contributed by atoms with Gasteiger partial charge in [0, 0.05) is 24.7 Å². The van der Waals surface area contributed by atoms with E-state index in [1.54, 1.807) is 0 Å². The molecule has 2 fully saturated rings. The van der Waals surface area contributed by atoms with Gasteiger partial charge in [-0.2, -0.15) is 0 Å². The van der Waals surface area contributed by atoms with Crippen LogP contribution in [0.4, 0.5) is 0 Å². The fraction of sp³-hybridized carbons (Fsp3) is 1.00. The largest absolute Gasteiger partial charge is 0.312 e. The van der Waals surface area contributed by atoms with Crippen LogP contribution in [0.3, 0.4) is 0 Å². The third-order valence-electron chi connectivity index (χ3n) is 4.05. The van der Waals surface area contributed by atoms with E-state index in [1.165, 1.54) is 32.4 Å². The zero-order valence-corrected chi connectivity index (χ0v) is 11.4. The second kappa shape index (κ2) is 4.66. The molecule has 0 aromatic heterocycles. The molecule has 94 valence electrons. The van der Waals surface area contributed by atoms with Crippen molar-refractivity contribution in [3.8, 4) is 0 Å². The van der Waals surface area contributed by atoms with Gasteiger partial charge in [-0.25, -0.2) is 0 Å². The third kappa shape index (κ3) is 3.21. The van der Waals surface area contributed by atoms with Crippen molar-refractivity contribution in [2.24, 2.45) is 11.8 Å². The zero-order valence-electron chi connectivity index (χ0n) is 11.4. The second-order valence-electron chi connectivity index (χ2n) is 7.02. The lowest BCUT2D eigenvalue weighted by Gasteiger charge is -2.31. The molecule has 1 saturated carbocycles. The van der Waals surface area contributed by atoms with Crippen molar-refractivity contribution in [2.75, 3.05) is 19.6 Å². The lowest BCUT2D eigenvalue weighted by Crippen LogP contribution is -2.43. The Morgan fingerprint density at radius 3 is 2.56 bits per heavy atom. The highest BCUT2D eigenvalue weighted by Crippen LogP contribution is 2.37. The van der Waals surface area contributed by atoms with Gasteiger partial charge in [-0.1, -0.05) is 6.92 Å². The Kier molecular flexibility index (Phi) is 3.60. The molecule has 2 rings (SSSR count). The van der Waals surface area contributed by atoms with Crippen LogP contribution in [0.1, 0.15) is 47.0 Å². The number of likely N-dealkylation sites (tertiary alicyclic amines) is 1. The van der Waals surface area contributed by atoms with Crippen molar-refractivity contribution < 1.29 is 0 Å². The average Bonchev–Trinajstić information content (AvgIpc) is 2.75. The molecule has 1 saturated heterocycles. The summed E-state index contributed by atoms with van der Waals surface area (Å²) >= 11 is 0. The van der Waals surface area contributed by atoms with Crippen LogP contribution in [-0.4, -0.2) is 36.1 Å². The van der Waals surface area contributed by atoms with Crippen molar-refractivity contribution in [1.29, 1.82) is 0 Å². The predicted octanol–water partition coefficient (Wildman–Crippen LogP) is 2.49. The van der Waals surface area contributed by atoms with Crippen LogP contribution < -0.4 is 5.32 Å². The van der Waals surface area contributed by atoms with E-state index in [9.17, 15) is 0 Å². The third-order valence-corrected chi connectivity index (χ3v) is 4.05. The van der Waals surface area contributed by atoms with E-state index >= 15 is 0 Å². The molecule has 1 heterocycles. The summed E-state index contributed by atoms with van der Waals surface area (Å²) in [6, 6.07) is 0.932. The van der Waals surface area contributed by atoms with Crippen LogP contribution in [0.15, 0.2) is 0 Å². The number of fused-ring (bicyclic) bond motifs is 2. The average molecular weight is 224 g/mol. The summed E-state index contributed by atoms with van der Waals surface area (Å²) in [7, 11) is 0. The SMILES string of the molecule is CC(CNC(C)(C)C)CN1CC2CCC1C2. The second-order valence-corrected chi connectivity index (χ2v) is 7.02. The number of nitrogens with zero attached hydrogens (tertiary/aromatic N) is 1. The number of piperidine rings is 1. The van der Waals surface area contributed by atoms with E-state index in [1.807, 2.05) is 0 Å². The summed E-state index contributed by atoms with van der Waals surface area (Å²) in [5, 5.41) is 3.61. The summed E-state index contributed by atoms with van der Waals surface area (Å²) in [5.41, 5.74) is 0.262. The molecule has 3 unspecified atom stereocenters. The van der Waals surface area contributed by atoms with Gasteiger partial charge in [0.1, 0.15) is 0 Å². The van der Waals surface area contributed by atoms with Crippen LogP contribution >= 0.6 is 0 Å². The molecule has 3 atom stereocenters. The lowest BCUT2D eigenvalue weighted by molar-refractivity contribution is 0.181. The first-order valence-electron chi connectivity index (χ1n) is 6.93. The van der Waals surface area contributed by atoms with Gasteiger partial charge in [0.05, 0.1) is 0 Å². The summed E-state index contributed by atoms with van der Waals surface area (Å²) in [5.74, 6) is 1.81. The van der Waals surface area contributed by atoms with Crippen molar-refractivity contribution >= 4 is 0 Å². The van der Waals surface area contributed by atoms with Crippen molar-refractivity contribution in [1.82, 2.24) is 10.2 Å². The van der Waals surface area contributed by atoms with Gasteiger partial charge in [0.2, 0.25) is 0 Å². The molecule has 2 aliphatic rings. The van der Waals surface area contributed by atoms with Crippen LogP contribution in [0.5, 0.6) is 0 Å². The number of rotatable bonds is 4. The number of hydrogen-bond acceptors (Lipinski definition) is 2. The maximum absolute atomic E-state index is 3.61. The molecule has 0 spiro atoms. The maximum Gasteiger partial charge on any atom is 0.00987 e. The highest BCUT2D eigenvalue weighted by Gasteiger charge is 2.37. The van der Waals surface area contributed by atoms with Gasteiger partial charge in [0.15, 0.2) is 0 Å². The lowest BCUT2D eigenvalue weighted by atomic mass is 10.0. The highest BCUT2D eigenvalue weighted by molar-refractivity contribution is 4.92. The highest BCUT2D eigenvalue weighted by atomic mass is 15.2. The Bertz CT molecular complexity index is 231. The molecule has 0 aromatic rings. The molecule has 2 nitrogen and oxygen atoms in total. The van der Waals surface area contributed by atoms with Gasteiger partial charge < -0.3 is 5.32 Å². The Morgan fingerprint density at radius 1 is 1.31 bits per heavy atom. The summed E-state index contributed by atoms with van der Waals surface area (Å²) in [6.45, 7) is 12.9. The smallest absolute Gasteiger partial charge is 0.00987 e. The standard InChI is InChI=1S/C14H28N2/c1-11(8-15-14(2,3)4)9-16-10-12-5-6-13(16)7-12/h11-13,15H,5-10H2,1-4H3. The molecular formula is C14H28N2. The molecule has 1 aliphatic carbocycles. The molecule has 0 radical (unpaired) electrons. The molecule has 2 bridgehead atoms. The van der Waals surface area contributed by atoms with Gasteiger partial charge in [0.25, 0.3) is 0 Å². The van der Waals surface area contributed by atoms with Gasteiger partial charge in [-0.15, -0.1) is 0 Å². The first-order valence-corrected chi connectivity index (χ1v) is 6.93. The minimum atomic E-state index is 0.262. The van der Waals surface area contributed by atoms with Gasteiger partial charge >= 0.3 is 0 Å². The van der Waals surface area contributed by atoms with Crippen molar-refractivity contribution in [2.45, 2.75) is 58.5 Å². The fourth-order valence-corrected chi connectivity index (χ4v) is 3.20. The Balaban J connectivity index is 1.69. The van der Waals surface area contributed by atoms with E-state index in [0.717, 1.165) is 24.4 Å². The molecular weight excluding hydrogens is 196 g/mol. The number of hydrogen-bond donors (Lipinski definition) is 1. The van der Waals surface area contributed by atoms with Crippen LogP contribution in [0.2, 0.25) is 0 Å². The van der Waals surface area contributed by atoms with E-state index in [0.29, 0.717) is 0 Å². The number of nitrogens with one attached hydrogen (secondary N) is 1. The molecule has 0 aromatic carbocycles. The summed E-state index contributed by atoms with van der Waals surface area (Å²) in [4.78, 5) is 2.74. The Morgan fingerprint density at radius 2 is 2.06 bits per heavy atom. The van der Waals surface area contributed by atoms with Crippen molar-refractivity contribution in [3.05, 3.63) is 0 Å².